The second-order valence-electron chi connectivity index (χ2n) is 12.1. The van der Waals surface area contributed by atoms with Crippen molar-refractivity contribution in [2.24, 2.45) is 0 Å². The number of carboxylic acid groups (broad SMARTS) is 1. The Labute approximate surface area is 333 Å². The Bertz CT molecular complexity index is 1360. The van der Waals surface area contributed by atoms with Crippen molar-refractivity contribution in [3.8, 4) is 5.75 Å². The summed E-state index contributed by atoms with van der Waals surface area (Å²) in [5.41, 5.74) is -4.41. The minimum atomic E-state index is -2.26. The first-order valence-corrected chi connectivity index (χ1v) is 18.8. The van der Waals surface area contributed by atoms with Gasteiger partial charge in [-0.15, -0.1) is 0 Å². The standard InChI is InChI=1S/C18H32O7.C14H22O8.C7H6O3/c1-4-7-10-23-15(19)13-18(22,17(21)25-12-9-6-3)14-16(20)24-11-8-5-2;1-5-19-11(16)8-14(22-10(4)15,13(18)21-7-3)9-12(17)20-6-2;8-6-4-2-1-3-5(6)7(9)10/h22H,4-14H2,1-3H3;5-9H2,1-4H3;1-4,8H,(H,9,10). The number of ether oxygens (including phenoxy) is 7. The zero-order chi connectivity index (χ0) is 43.9. The van der Waals surface area contributed by atoms with Crippen LogP contribution in [-0.4, -0.2) is 114 Å². The van der Waals surface area contributed by atoms with E-state index in [9.17, 15) is 43.5 Å². The molecule has 0 aliphatic rings. The van der Waals surface area contributed by atoms with Gasteiger partial charge in [-0.1, -0.05) is 52.2 Å². The summed E-state index contributed by atoms with van der Waals surface area (Å²) < 4.78 is 34.3. The predicted molar refractivity (Wildman–Crippen MR) is 200 cm³/mol. The lowest BCUT2D eigenvalue weighted by atomic mass is 9.95. The molecule has 18 heteroatoms. The van der Waals surface area contributed by atoms with Crippen molar-refractivity contribution < 1.29 is 86.8 Å². The molecule has 0 unspecified atom stereocenters. The molecule has 0 amide bonds. The van der Waals surface area contributed by atoms with Crippen LogP contribution in [0.2, 0.25) is 0 Å². The Kier molecular flexibility index (Phi) is 29.2. The summed E-state index contributed by atoms with van der Waals surface area (Å²) in [6.07, 6.45) is 1.98. The highest BCUT2D eigenvalue weighted by Gasteiger charge is 2.48. The van der Waals surface area contributed by atoms with Crippen molar-refractivity contribution in [1.82, 2.24) is 0 Å². The van der Waals surface area contributed by atoms with E-state index in [-0.39, 0.29) is 51.0 Å². The number of para-hydroxylation sites is 1. The maximum atomic E-state index is 12.2. The van der Waals surface area contributed by atoms with Crippen LogP contribution in [0.15, 0.2) is 24.3 Å². The van der Waals surface area contributed by atoms with Gasteiger partial charge in [-0.25, -0.2) is 14.4 Å². The molecule has 324 valence electrons. The van der Waals surface area contributed by atoms with Crippen LogP contribution in [0.3, 0.4) is 0 Å². The average Bonchev–Trinajstić information content (AvgIpc) is 3.12. The number of carboxylic acids is 1. The Morgan fingerprint density at radius 1 is 0.561 bits per heavy atom. The number of benzene rings is 1. The Balaban J connectivity index is 0. The van der Waals surface area contributed by atoms with Gasteiger partial charge in [0.25, 0.3) is 0 Å². The molecule has 0 saturated carbocycles. The van der Waals surface area contributed by atoms with E-state index in [1.54, 1.807) is 32.9 Å². The van der Waals surface area contributed by atoms with Crippen molar-refractivity contribution in [2.45, 2.75) is 124 Å². The van der Waals surface area contributed by atoms with E-state index in [1.807, 2.05) is 20.8 Å². The minimum Gasteiger partial charge on any atom is -0.507 e. The summed E-state index contributed by atoms with van der Waals surface area (Å²) >= 11 is 0. The molecule has 0 aliphatic carbocycles. The maximum Gasteiger partial charge on any atom is 0.351 e. The van der Waals surface area contributed by atoms with Gasteiger partial charge in [-0.05, 0) is 52.2 Å². The number of aromatic carboxylic acids is 1. The second-order valence-corrected chi connectivity index (χ2v) is 12.1. The molecule has 0 atom stereocenters. The second kappa shape index (κ2) is 30.9. The maximum absolute atomic E-state index is 12.2. The van der Waals surface area contributed by atoms with E-state index in [4.69, 9.17) is 43.4 Å². The summed E-state index contributed by atoms with van der Waals surface area (Å²) in [7, 11) is 0. The highest BCUT2D eigenvalue weighted by molar-refractivity contribution is 5.93. The number of unbranched alkanes of at least 4 members (excludes halogenated alkanes) is 3. The van der Waals surface area contributed by atoms with Crippen LogP contribution in [0, 0.1) is 0 Å². The molecule has 0 aromatic heterocycles. The van der Waals surface area contributed by atoms with E-state index in [1.165, 1.54) is 12.1 Å². The van der Waals surface area contributed by atoms with Gasteiger partial charge in [0.05, 0.1) is 65.3 Å². The fraction of sp³-hybridized carbons (Fsp3) is 0.641. The number of hydrogen-bond donors (Lipinski definition) is 3. The molecule has 0 fully saturated rings. The molecule has 1 aromatic carbocycles. The first-order chi connectivity index (χ1) is 26.9. The van der Waals surface area contributed by atoms with Crippen LogP contribution in [-0.2, 0) is 66.7 Å². The fourth-order valence-corrected chi connectivity index (χ4v) is 4.29. The van der Waals surface area contributed by atoms with E-state index >= 15 is 0 Å². The minimum absolute atomic E-state index is 0.00645. The summed E-state index contributed by atoms with van der Waals surface area (Å²) in [5, 5.41) is 27.9. The van der Waals surface area contributed by atoms with E-state index < -0.39 is 84.6 Å². The SMILES string of the molecule is CCCCOC(=O)CC(O)(CC(=O)OCCCC)C(=O)OCCCC.CCOC(=O)CC(CC(=O)OCC)(OC(C)=O)C(=O)OCC.O=C(O)c1ccccc1O. The van der Waals surface area contributed by atoms with Gasteiger partial charge in [0, 0.05) is 6.92 Å². The topological polar surface area (TPSA) is 262 Å². The van der Waals surface area contributed by atoms with Gasteiger partial charge in [0.15, 0.2) is 5.60 Å². The Hall–Kier alpha value is -5.26. The van der Waals surface area contributed by atoms with Crippen molar-refractivity contribution in [1.29, 1.82) is 0 Å². The molecular weight excluding hydrogens is 756 g/mol. The van der Waals surface area contributed by atoms with Gasteiger partial charge < -0.3 is 48.5 Å². The van der Waals surface area contributed by atoms with Gasteiger partial charge in [-0.3, -0.25) is 24.0 Å². The molecule has 0 radical (unpaired) electrons. The number of rotatable bonds is 24. The number of esters is 7. The molecule has 0 heterocycles. The average molecular weight is 817 g/mol. The number of hydrogen-bond acceptors (Lipinski definition) is 17. The number of aliphatic hydroxyl groups is 1. The molecule has 0 aliphatic heterocycles. The van der Waals surface area contributed by atoms with Crippen LogP contribution in [0.25, 0.3) is 0 Å². The van der Waals surface area contributed by atoms with Gasteiger partial charge in [0.2, 0.25) is 5.60 Å². The zero-order valence-corrected chi connectivity index (χ0v) is 34.1. The van der Waals surface area contributed by atoms with Crippen LogP contribution in [0.4, 0.5) is 0 Å². The molecule has 3 N–H and O–H groups in total. The number of carbonyl (C=O) groups is 8. The van der Waals surface area contributed by atoms with Crippen LogP contribution >= 0.6 is 0 Å². The lowest BCUT2D eigenvalue weighted by molar-refractivity contribution is -0.190. The number of carbonyl (C=O) groups excluding carboxylic acids is 7. The number of phenols is 1. The highest BCUT2D eigenvalue weighted by Crippen LogP contribution is 2.26. The quantitative estimate of drug-likeness (QED) is 0.0743. The summed E-state index contributed by atoms with van der Waals surface area (Å²) in [6, 6.07) is 5.81. The molecule has 0 bridgehead atoms. The summed E-state index contributed by atoms with van der Waals surface area (Å²) in [4.78, 5) is 93.1. The normalized spacial score (nSPS) is 10.5. The smallest absolute Gasteiger partial charge is 0.351 e. The van der Waals surface area contributed by atoms with Crippen LogP contribution < -0.4 is 0 Å². The van der Waals surface area contributed by atoms with Gasteiger partial charge >= 0.3 is 47.8 Å². The molecule has 0 spiro atoms. The largest absolute Gasteiger partial charge is 0.507 e. The fourth-order valence-electron chi connectivity index (χ4n) is 4.29. The molecule has 1 rings (SSSR count). The first kappa shape index (κ1) is 53.8. The highest BCUT2D eigenvalue weighted by atomic mass is 16.6. The molecule has 57 heavy (non-hydrogen) atoms. The van der Waals surface area contributed by atoms with Crippen molar-refractivity contribution in [3.63, 3.8) is 0 Å². The Morgan fingerprint density at radius 3 is 1.32 bits per heavy atom. The summed E-state index contributed by atoms with van der Waals surface area (Å²) in [5.74, 6) is -7.21. The van der Waals surface area contributed by atoms with Gasteiger partial charge in [-0.2, -0.15) is 0 Å². The Morgan fingerprint density at radius 2 is 0.965 bits per heavy atom. The first-order valence-electron chi connectivity index (χ1n) is 18.8. The van der Waals surface area contributed by atoms with Crippen molar-refractivity contribution in [3.05, 3.63) is 29.8 Å². The molecule has 1 aromatic rings. The van der Waals surface area contributed by atoms with Crippen LogP contribution in [0.1, 0.15) is 123 Å². The number of aromatic hydroxyl groups is 1. The van der Waals surface area contributed by atoms with Crippen LogP contribution in [0.5, 0.6) is 5.75 Å². The third kappa shape index (κ3) is 24.1. The van der Waals surface area contributed by atoms with E-state index in [2.05, 4.69) is 0 Å². The monoisotopic (exact) mass is 816 g/mol. The third-order valence-electron chi connectivity index (χ3n) is 7.10. The van der Waals surface area contributed by atoms with E-state index in [0.717, 1.165) is 26.2 Å². The lowest BCUT2D eigenvalue weighted by Crippen LogP contribution is -2.48. The molecule has 0 saturated heterocycles. The molecule has 18 nitrogen and oxygen atoms in total. The lowest BCUT2D eigenvalue weighted by Gasteiger charge is -2.28. The van der Waals surface area contributed by atoms with Crippen molar-refractivity contribution >= 4 is 47.8 Å². The predicted octanol–water partition coefficient (Wildman–Crippen LogP) is 4.38. The zero-order valence-electron chi connectivity index (χ0n) is 34.1. The van der Waals surface area contributed by atoms with E-state index in [0.29, 0.717) is 19.3 Å². The summed E-state index contributed by atoms with van der Waals surface area (Å²) in [6.45, 7) is 12.3. The van der Waals surface area contributed by atoms with Crippen molar-refractivity contribution in [2.75, 3.05) is 39.6 Å². The van der Waals surface area contributed by atoms with Gasteiger partial charge in [0.1, 0.15) is 11.3 Å². The third-order valence-corrected chi connectivity index (χ3v) is 7.10. The molecular formula is C39H60O18.